The minimum atomic E-state index is -0.419. The summed E-state index contributed by atoms with van der Waals surface area (Å²) in [6.45, 7) is 3.45. The van der Waals surface area contributed by atoms with E-state index in [1.807, 2.05) is 0 Å². The van der Waals surface area contributed by atoms with Crippen LogP contribution in [0.3, 0.4) is 0 Å². The molecule has 0 saturated heterocycles. The fraction of sp³-hybridized carbons (Fsp3) is 0.545. The molecule has 88 valence electrons. The Morgan fingerprint density at radius 3 is 2.62 bits per heavy atom. The maximum atomic E-state index is 11.8. The van der Waals surface area contributed by atoms with Crippen LogP contribution in [0.2, 0.25) is 0 Å². The monoisotopic (exact) mass is 224 g/mol. The highest BCUT2D eigenvalue weighted by Gasteiger charge is 2.20. The lowest BCUT2D eigenvalue weighted by Gasteiger charge is -2.07. The Labute approximate surface area is 94.4 Å². The van der Waals surface area contributed by atoms with Gasteiger partial charge in [-0.3, -0.25) is 14.3 Å². The standard InChI is InChI=1S/C11H16N2O3/c1-7(11(15)16-4)5-10(14)9-6-13(3)12-8(9)2/h6-7H,5H2,1-4H3. The van der Waals surface area contributed by atoms with E-state index in [0.717, 1.165) is 0 Å². The van der Waals surface area contributed by atoms with E-state index in [2.05, 4.69) is 9.84 Å². The van der Waals surface area contributed by atoms with E-state index in [0.29, 0.717) is 11.3 Å². The predicted molar refractivity (Wildman–Crippen MR) is 58.1 cm³/mol. The van der Waals surface area contributed by atoms with E-state index in [-0.39, 0.29) is 18.2 Å². The van der Waals surface area contributed by atoms with Crippen LogP contribution in [0.4, 0.5) is 0 Å². The first kappa shape index (κ1) is 12.4. The summed E-state index contributed by atoms with van der Waals surface area (Å²) in [5, 5.41) is 4.08. The Bertz CT molecular complexity index is 409. The number of hydrogen-bond acceptors (Lipinski definition) is 4. The number of aromatic nitrogens is 2. The number of ether oxygens (including phenoxy) is 1. The second-order valence-electron chi connectivity index (χ2n) is 3.85. The summed E-state index contributed by atoms with van der Waals surface area (Å²) in [7, 11) is 3.08. The van der Waals surface area contributed by atoms with Crippen molar-refractivity contribution in [1.82, 2.24) is 9.78 Å². The SMILES string of the molecule is COC(=O)C(C)CC(=O)c1cn(C)nc1C. The van der Waals surface area contributed by atoms with Crippen LogP contribution in [0.25, 0.3) is 0 Å². The topological polar surface area (TPSA) is 61.2 Å². The Morgan fingerprint density at radius 1 is 1.56 bits per heavy atom. The quantitative estimate of drug-likeness (QED) is 0.567. The number of nitrogens with zero attached hydrogens (tertiary/aromatic N) is 2. The number of Topliss-reactive ketones (excluding diaryl/α,β-unsaturated/α-hetero) is 1. The van der Waals surface area contributed by atoms with E-state index in [1.54, 1.807) is 31.8 Å². The van der Waals surface area contributed by atoms with E-state index in [1.165, 1.54) is 7.11 Å². The predicted octanol–water partition coefficient (Wildman–Crippen LogP) is 1.11. The molecule has 0 fully saturated rings. The van der Waals surface area contributed by atoms with Crippen molar-refractivity contribution in [2.75, 3.05) is 7.11 Å². The zero-order chi connectivity index (χ0) is 12.3. The van der Waals surface area contributed by atoms with Gasteiger partial charge in [0.05, 0.1) is 24.3 Å². The molecule has 0 aromatic carbocycles. The fourth-order valence-corrected chi connectivity index (χ4v) is 1.55. The molecule has 0 N–H and O–H groups in total. The Kier molecular flexibility index (Phi) is 3.82. The normalized spacial score (nSPS) is 12.2. The summed E-state index contributed by atoms with van der Waals surface area (Å²) in [5.74, 6) is -0.865. The van der Waals surface area contributed by atoms with Crippen molar-refractivity contribution in [2.24, 2.45) is 13.0 Å². The lowest BCUT2D eigenvalue weighted by atomic mass is 10.0. The van der Waals surface area contributed by atoms with Crippen molar-refractivity contribution in [2.45, 2.75) is 20.3 Å². The van der Waals surface area contributed by atoms with Crippen molar-refractivity contribution >= 4 is 11.8 Å². The Morgan fingerprint density at radius 2 is 2.19 bits per heavy atom. The van der Waals surface area contributed by atoms with Crippen LogP contribution in [-0.2, 0) is 16.6 Å². The number of rotatable bonds is 4. The van der Waals surface area contributed by atoms with Crippen LogP contribution in [-0.4, -0.2) is 28.6 Å². The van der Waals surface area contributed by atoms with E-state index in [4.69, 9.17) is 0 Å². The average molecular weight is 224 g/mol. The molecule has 0 radical (unpaired) electrons. The van der Waals surface area contributed by atoms with Gasteiger partial charge in [0.15, 0.2) is 5.78 Å². The first-order valence-corrected chi connectivity index (χ1v) is 5.07. The van der Waals surface area contributed by atoms with Crippen molar-refractivity contribution in [3.05, 3.63) is 17.5 Å². The highest BCUT2D eigenvalue weighted by molar-refractivity contribution is 5.98. The summed E-state index contributed by atoms with van der Waals surface area (Å²) in [6, 6.07) is 0. The lowest BCUT2D eigenvalue weighted by molar-refractivity contribution is -0.144. The summed E-state index contributed by atoms with van der Waals surface area (Å²) in [6.07, 6.45) is 1.82. The Balaban J connectivity index is 2.73. The van der Waals surface area contributed by atoms with Crippen LogP contribution in [0, 0.1) is 12.8 Å². The molecule has 0 aliphatic heterocycles. The minimum Gasteiger partial charge on any atom is -0.469 e. The zero-order valence-corrected chi connectivity index (χ0v) is 9.98. The number of aryl methyl sites for hydroxylation is 2. The number of carbonyl (C=O) groups excluding carboxylic acids is 2. The molecule has 16 heavy (non-hydrogen) atoms. The molecular formula is C11H16N2O3. The number of esters is 1. The van der Waals surface area contributed by atoms with Crippen LogP contribution in [0.15, 0.2) is 6.20 Å². The molecule has 0 aliphatic carbocycles. The fourth-order valence-electron chi connectivity index (χ4n) is 1.55. The second kappa shape index (κ2) is 4.92. The van der Waals surface area contributed by atoms with Gasteiger partial charge < -0.3 is 4.74 Å². The molecule has 0 saturated carbocycles. The van der Waals surface area contributed by atoms with Gasteiger partial charge in [-0.05, 0) is 6.92 Å². The third kappa shape index (κ3) is 2.68. The zero-order valence-electron chi connectivity index (χ0n) is 9.98. The lowest BCUT2D eigenvalue weighted by Crippen LogP contribution is -2.17. The van der Waals surface area contributed by atoms with Gasteiger partial charge in [0, 0.05) is 19.7 Å². The molecular weight excluding hydrogens is 208 g/mol. The van der Waals surface area contributed by atoms with Crippen LogP contribution in [0.1, 0.15) is 29.4 Å². The van der Waals surface area contributed by atoms with Crippen molar-refractivity contribution < 1.29 is 14.3 Å². The Hall–Kier alpha value is -1.65. The minimum absolute atomic E-state index is 0.0801. The number of carbonyl (C=O) groups is 2. The van der Waals surface area contributed by atoms with Crippen molar-refractivity contribution in [3.63, 3.8) is 0 Å². The average Bonchev–Trinajstić information content (AvgIpc) is 2.56. The van der Waals surface area contributed by atoms with E-state index < -0.39 is 5.92 Å². The third-order valence-corrected chi connectivity index (χ3v) is 2.41. The van der Waals surface area contributed by atoms with Crippen LogP contribution < -0.4 is 0 Å². The van der Waals surface area contributed by atoms with E-state index >= 15 is 0 Å². The molecule has 0 bridgehead atoms. The molecule has 1 atom stereocenters. The van der Waals surface area contributed by atoms with E-state index in [9.17, 15) is 9.59 Å². The number of methoxy groups -OCH3 is 1. The van der Waals surface area contributed by atoms with Gasteiger partial charge in [0.1, 0.15) is 0 Å². The molecule has 0 amide bonds. The second-order valence-corrected chi connectivity index (χ2v) is 3.85. The molecule has 1 rings (SSSR count). The van der Waals surface area contributed by atoms with Crippen LogP contribution >= 0.6 is 0 Å². The molecule has 0 aliphatic rings. The third-order valence-electron chi connectivity index (χ3n) is 2.41. The maximum Gasteiger partial charge on any atom is 0.308 e. The van der Waals surface area contributed by atoms with Gasteiger partial charge in [0.2, 0.25) is 0 Å². The first-order chi connectivity index (χ1) is 7.45. The van der Waals surface area contributed by atoms with Gasteiger partial charge in [-0.15, -0.1) is 0 Å². The van der Waals surface area contributed by atoms with Gasteiger partial charge in [-0.2, -0.15) is 5.10 Å². The summed E-state index contributed by atoms with van der Waals surface area (Å²) >= 11 is 0. The molecule has 0 spiro atoms. The van der Waals surface area contributed by atoms with Gasteiger partial charge in [-0.25, -0.2) is 0 Å². The summed E-state index contributed by atoms with van der Waals surface area (Å²) in [4.78, 5) is 23.0. The van der Waals surface area contributed by atoms with Gasteiger partial charge in [0.25, 0.3) is 0 Å². The molecule has 1 aromatic heterocycles. The highest BCUT2D eigenvalue weighted by atomic mass is 16.5. The first-order valence-electron chi connectivity index (χ1n) is 5.07. The van der Waals surface area contributed by atoms with Gasteiger partial charge >= 0.3 is 5.97 Å². The summed E-state index contributed by atoms with van der Waals surface area (Å²) in [5.41, 5.74) is 1.25. The molecule has 5 nitrogen and oxygen atoms in total. The maximum absolute atomic E-state index is 11.8. The number of hydrogen-bond donors (Lipinski definition) is 0. The molecule has 1 unspecified atom stereocenters. The summed E-state index contributed by atoms with van der Waals surface area (Å²) < 4.78 is 6.16. The number of ketones is 1. The highest BCUT2D eigenvalue weighted by Crippen LogP contribution is 2.13. The van der Waals surface area contributed by atoms with Gasteiger partial charge in [-0.1, -0.05) is 6.92 Å². The van der Waals surface area contributed by atoms with Crippen LogP contribution in [0.5, 0.6) is 0 Å². The van der Waals surface area contributed by atoms with Crippen molar-refractivity contribution in [1.29, 1.82) is 0 Å². The molecule has 5 heteroatoms. The van der Waals surface area contributed by atoms with Crippen molar-refractivity contribution in [3.8, 4) is 0 Å². The molecule has 1 heterocycles. The molecule has 1 aromatic rings. The largest absolute Gasteiger partial charge is 0.469 e. The smallest absolute Gasteiger partial charge is 0.308 e.